The summed E-state index contributed by atoms with van der Waals surface area (Å²) < 4.78 is 21.5. The van der Waals surface area contributed by atoms with Crippen molar-refractivity contribution in [3.05, 3.63) is 71.8 Å². The molecular weight excluding hydrogens is 512 g/mol. The molecule has 4 aromatic carbocycles. The third kappa shape index (κ3) is 4.93. The maximum Gasteiger partial charge on any atom is 0.415 e. The predicted octanol–water partition coefficient (Wildman–Crippen LogP) is 5.76. The van der Waals surface area contributed by atoms with Gasteiger partial charge < -0.3 is 23.9 Å². The standard InChI is InChI=1S/C31H26N2O7/c1-17-3-9-21-23(15-17)24-16-18(2)4-10-22(24)28-27(21)33-29(39-28)19-5-7-20(8-6-19)37-13-14-38-26(34)12-11-25-30(35)40-31(36)32-25/h3-10,15-16,25H,11-14H2,1-2H3,(H,32,36). The van der Waals surface area contributed by atoms with Gasteiger partial charge in [-0.1, -0.05) is 47.5 Å². The zero-order chi connectivity index (χ0) is 27.8. The lowest BCUT2D eigenvalue weighted by atomic mass is 9.97. The van der Waals surface area contributed by atoms with E-state index in [1.54, 1.807) is 0 Å². The summed E-state index contributed by atoms with van der Waals surface area (Å²) in [4.78, 5) is 39.2. The third-order valence-corrected chi connectivity index (χ3v) is 6.89. The molecule has 0 radical (unpaired) electrons. The molecule has 0 bridgehead atoms. The van der Waals surface area contributed by atoms with Crippen LogP contribution in [0.5, 0.6) is 5.75 Å². The summed E-state index contributed by atoms with van der Waals surface area (Å²) in [5.41, 5.74) is 4.78. The Morgan fingerprint density at radius 3 is 2.30 bits per heavy atom. The Hall–Kier alpha value is -4.92. The molecule has 5 aromatic rings. The van der Waals surface area contributed by atoms with Gasteiger partial charge in [-0.25, -0.2) is 14.6 Å². The summed E-state index contributed by atoms with van der Waals surface area (Å²) in [5, 5.41) is 6.72. The van der Waals surface area contributed by atoms with Crippen molar-refractivity contribution in [2.45, 2.75) is 32.7 Å². The molecule has 1 aliphatic heterocycles. The minimum atomic E-state index is -0.818. The summed E-state index contributed by atoms with van der Waals surface area (Å²) in [7, 11) is 0. The number of benzene rings is 4. The van der Waals surface area contributed by atoms with E-state index in [1.807, 2.05) is 24.3 Å². The number of hydrogen-bond acceptors (Lipinski definition) is 8. The van der Waals surface area contributed by atoms with Gasteiger partial charge in [0.2, 0.25) is 5.89 Å². The fourth-order valence-electron chi connectivity index (χ4n) is 4.90. The minimum absolute atomic E-state index is 0.0248. The number of esters is 2. The molecular formula is C31H26N2O7. The number of fused-ring (bicyclic) bond motifs is 6. The maximum atomic E-state index is 11.9. The molecule has 1 amide bonds. The number of hydrogen-bond donors (Lipinski definition) is 1. The summed E-state index contributed by atoms with van der Waals surface area (Å²) in [5.74, 6) is -0.0505. The quantitative estimate of drug-likeness (QED) is 0.115. The number of carbonyl (C=O) groups is 3. The largest absolute Gasteiger partial charge is 0.490 e. The number of nitrogens with zero attached hydrogens (tertiary/aromatic N) is 1. The summed E-state index contributed by atoms with van der Waals surface area (Å²) in [6, 6.07) is 19.3. The first-order chi connectivity index (χ1) is 19.4. The number of amides is 1. The van der Waals surface area contributed by atoms with E-state index in [1.165, 1.54) is 11.1 Å². The smallest absolute Gasteiger partial charge is 0.415 e. The van der Waals surface area contributed by atoms with Crippen molar-refractivity contribution < 1.29 is 33.0 Å². The topological polar surface area (TPSA) is 117 Å². The molecule has 9 nitrogen and oxygen atoms in total. The van der Waals surface area contributed by atoms with E-state index in [4.69, 9.17) is 18.9 Å². The monoisotopic (exact) mass is 538 g/mol. The van der Waals surface area contributed by atoms with Crippen LogP contribution in [0.4, 0.5) is 4.79 Å². The zero-order valence-electron chi connectivity index (χ0n) is 22.0. The van der Waals surface area contributed by atoms with E-state index in [0.29, 0.717) is 11.6 Å². The van der Waals surface area contributed by atoms with Crippen LogP contribution in [0.15, 0.2) is 65.1 Å². The van der Waals surface area contributed by atoms with Crippen LogP contribution in [0.25, 0.3) is 44.1 Å². The number of cyclic esters (lactones) is 2. The fourth-order valence-corrected chi connectivity index (χ4v) is 4.90. The second kappa shape index (κ2) is 10.3. The molecule has 2 heterocycles. The van der Waals surface area contributed by atoms with Crippen LogP contribution < -0.4 is 10.1 Å². The van der Waals surface area contributed by atoms with Gasteiger partial charge in [-0.2, -0.15) is 0 Å². The van der Waals surface area contributed by atoms with Gasteiger partial charge in [-0.3, -0.25) is 4.79 Å². The number of ether oxygens (including phenoxy) is 3. The average Bonchev–Trinajstić information content (AvgIpc) is 3.53. The van der Waals surface area contributed by atoms with Gasteiger partial charge in [-0.15, -0.1) is 0 Å². The molecule has 1 unspecified atom stereocenters. The first-order valence-electron chi connectivity index (χ1n) is 13.0. The van der Waals surface area contributed by atoms with Crippen molar-refractivity contribution >= 4 is 50.7 Å². The SMILES string of the molecule is Cc1ccc2c(c1)c1cc(C)ccc1c1oc(-c3ccc(OCCOC(=O)CCC4NC(=O)OC4=O)cc3)nc21. The molecule has 0 spiro atoms. The Morgan fingerprint density at radius 2 is 1.60 bits per heavy atom. The van der Waals surface area contributed by atoms with Crippen LogP contribution in [0, 0.1) is 13.8 Å². The molecule has 1 N–H and O–H groups in total. The Labute approximate surface area is 229 Å². The highest BCUT2D eigenvalue weighted by atomic mass is 16.6. The molecule has 6 rings (SSSR count). The van der Waals surface area contributed by atoms with Crippen molar-refractivity contribution in [3.8, 4) is 17.2 Å². The van der Waals surface area contributed by atoms with Crippen LogP contribution in [-0.4, -0.2) is 42.3 Å². The number of rotatable bonds is 8. The number of aromatic nitrogens is 1. The molecule has 1 atom stereocenters. The van der Waals surface area contributed by atoms with Crippen LogP contribution in [0.2, 0.25) is 0 Å². The van der Waals surface area contributed by atoms with Crippen LogP contribution in [0.3, 0.4) is 0 Å². The zero-order valence-corrected chi connectivity index (χ0v) is 22.0. The van der Waals surface area contributed by atoms with Crippen LogP contribution in [0.1, 0.15) is 24.0 Å². The highest BCUT2D eigenvalue weighted by Gasteiger charge is 2.32. The Bertz CT molecular complexity index is 1710. The van der Waals surface area contributed by atoms with Crippen LogP contribution >= 0.6 is 0 Å². The van der Waals surface area contributed by atoms with E-state index in [9.17, 15) is 14.4 Å². The molecule has 1 saturated heterocycles. The summed E-state index contributed by atoms with van der Waals surface area (Å²) in [6.07, 6.45) is -0.707. The van der Waals surface area contributed by atoms with Gasteiger partial charge in [0.05, 0.1) is 0 Å². The van der Waals surface area contributed by atoms with E-state index in [0.717, 1.165) is 38.2 Å². The van der Waals surface area contributed by atoms with Crippen LogP contribution in [-0.2, 0) is 19.1 Å². The van der Waals surface area contributed by atoms with E-state index >= 15 is 0 Å². The van der Waals surface area contributed by atoms with Gasteiger partial charge in [-0.05, 0) is 55.3 Å². The second-order valence-corrected chi connectivity index (χ2v) is 9.83. The lowest BCUT2D eigenvalue weighted by Crippen LogP contribution is -2.29. The number of nitrogens with one attached hydrogen (secondary N) is 1. The number of oxazole rings is 1. The third-order valence-electron chi connectivity index (χ3n) is 6.89. The Balaban J connectivity index is 1.12. The van der Waals surface area contributed by atoms with E-state index in [-0.39, 0.29) is 26.1 Å². The van der Waals surface area contributed by atoms with Gasteiger partial charge in [0.15, 0.2) is 5.58 Å². The van der Waals surface area contributed by atoms with Gasteiger partial charge in [0.25, 0.3) is 0 Å². The van der Waals surface area contributed by atoms with Crippen molar-refractivity contribution in [1.82, 2.24) is 10.3 Å². The van der Waals surface area contributed by atoms with Crippen molar-refractivity contribution in [2.24, 2.45) is 0 Å². The van der Waals surface area contributed by atoms with Gasteiger partial charge in [0.1, 0.15) is 30.5 Å². The normalized spacial score (nSPS) is 15.0. The Kier molecular flexibility index (Phi) is 6.55. The number of aryl methyl sites for hydroxylation is 2. The molecule has 0 aliphatic carbocycles. The fraction of sp³-hybridized carbons (Fsp3) is 0.226. The lowest BCUT2D eigenvalue weighted by Gasteiger charge is -2.08. The highest BCUT2D eigenvalue weighted by Crippen LogP contribution is 2.38. The molecule has 1 aromatic heterocycles. The highest BCUT2D eigenvalue weighted by molar-refractivity contribution is 6.23. The predicted molar refractivity (Wildman–Crippen MR) is 148 cm³/mol. The number of alkyl carbamates (subject to hydrolysis) is 1. The average molecular weight is 539 g/mol. The summed E-state index contributed by atoms with van der Waals surface area (Å²) in [6.45, 7) is 4.38. The van der Waals surface area contributed by atoms with Crippen molar-refractivity contribution in [2.75, 3.05) is 13.2 Å². The maximum absolute atomic E-state index is 11.9. The second-order valence-electron chi connectivity index (χ2n) is 9.83. The summed E-state index contributed by atoms with van der Waals surface area (Å²) >= 11 is 0. The minimum Gasteiger partial charge on any atom is -0.490 e. The Morgan fingerprint density at radius 1 is 0.900 bits per heavy atom. The van der Waals surface area contributed by atoms with Gasteiger partial charge in [0, 0.05) is 22.8 Å². The van der Waals surface area contributed by atoms with E-state index < -0.39 is 24.1 Å². The first kappa shape index (κ1) is 25.4. The lowest BCUT2D eigenvalue weighted by molar-refractivity contribution is -0.144. The van der Waals surface area contributed by atoms with Gasteiger partial charge >= 0.3 is 18.0 Å². The first-order valence-corrected chi connectivity index (χ1v) is 13.0. The number of carbonyl (C=O) groups excluding carboxylic acids is 3. The molecule has 0 saturated carbocycles. The van der Waals surface area contributed by atoms with Crippen molar-refractivity contribution in [1.29, 1.82) is 0 Å². The molecule has 40 heavy (non-hydrogen) atoms. The molecule has 9 heteroatoms. The molecule has 1 aliphatic rings. The molecule has 1 fully saturated rings. The molecule has 202 valence electrons. The van der Waals surface area contributed by atoms with Crippen molar-refractivity contribution in [3.63, 3.8) is 0 Å². The van der Waals surface area contributed by atoms with E-state index in [2.05, 4.69) is 60.3 Å².